The number of benzene rings is 1. The molecule has 1 aromatic carbocycles. The molecule has 0 heterocycles. The number of hydrogen-bond donors (Lipinski definition) is 1. The third-order valence-electron chi connectivity index (χ3n) is 2.55. The number of rotatable bonds is 8. The van der Waals surface area contributed by atoms with Gasteiger partial charge >= 0.3 is 0 Å². The highest BCUT2D eigenvalue weighted by Gasteiger charge is 2.17. The highest BCUT2D eigenvalue weighted by molar-refractivity contribution is 6.45. The lowest BCUT2D eigenvalue weighted by atomic mass is 10.0. The van der Waals surface area contributed by atoms with Crippen LogP contribution in [-0.4, -0.2) is 52.2 Å². The molecule has 25 heavy (non-hydrogen) atoms. The molecule has 0 unspecified atom stereocenters. The Morgan fingerprint density at radius 2 is 2.00 bits per heavy atom. The number of amides is 1. The Bertz CT molecular complexity index is 614. The molecular weight excluding hydrogens is 326 g/mol. The van der Waals surface area contributed by atoms with Crippen LogP contribution in [0.3, 0.4) is 0 Å². The zero-order valence-corrected chi connectivity index (χ0v) is 14.8. The zero-order chi connectivity index (χ0) is 18.9. The van der Waals surface area contributed by atoms with Gasteiger partial charge in [0.05, 0.1) is 0 Å². The first-order chi connectivity index (χ1) is 12.2. The van der Waals surface area contributed by atoms with E-state index >= 15 is 0 Å². The molecule has 0 saturated carbocycles. The lowest BCUT2D eigenvalue weighted by Crippen LogP contribution is -2.29. The molecule has 0 bridgehead atoms. The summed E-state index contributed by atoms with van der Waals surface area (Å²) in [6, 6.07) is 7.21. The summed E-state index contributed by atoms with van der Waals surface area (Å²) in [6.07, 6.45) is 2.76. The molecule has 1 rings (SSSR count). The molecular formula is C16H23N5O4. The largest absolute Gasteiger partial charge is 0.477 e. The number of hydrogen-bond acceptors (Lipinski definition) is 8. The first-order valence-electron chi connectivity index (χ1n) is 7.17. The molecule has 0 aliphatic rings. The Morgan fingerprint density at radius 1 is 1.28 bits per heavy atom. The van der Waals surface area contributed by atoms with Gasteiger partial charge in [-0.3, -0.25) is 4.79 Å². The molecule has 0 radical (unpaired) electrons. The monoisotopic (exact) mass is 349 g/mol. The standard InChI is InChI=1S/C13H16N4O3.C3H7NO/c1-14-13(18)12(17-19-3)11-7-5-4-6-10(11)8-20-9-16-15-2;1-3-4-5-2/h4-7,9H,2,8H2,1,3H3,(H,14,18);3H,1-2H3/b16-9?,17-12+;. The van der Waals surface area contributed by atoms with Gasteiger partial charge in [0.2, 0.25) is 0 Å². The van der Waals surface area contributed by atoms with E-state index in [1.54, 1.807) is 25.3 Å². The Morgan fingerprint density at radius 3 is 2.52 bits per heavy atom. The summed E-state index contributed by atoms with van der Waals surface area (Å²) in [7, 11) is 4.42. The molecule has 9 heteroatoms. The minimum absolute atomic E-state index is 0.174. The van der Waals surface area contributed by atoms with Crippen LogP contribution in [0.5, 0.6) is 0 Å². The number of nitrogens with zero attached hydrogens (tertiary/aromatic N) is 4. The first kappa shape index (κ1) is 21.8. The van der Waals surface area contributed by atoms with Crippen LogP contribution in [-0.2, 0) is 25.8 Å². The van der Waals surface area contributed by atoms with Crippen molar-refractivity contribution in [1.29, 1.82) is 0 Å². The van der Waals surface area contributed by atoms with Gasteiger partial charge in [0.1, 0.15) is 20.8 Å². The van der Waals surface area contributed by atoms with Crippen molar-refractivity contribution >= 4 is 31.0 Å². The molecule has 1 N–H and O–H groups in total. The van der Waals surface area contributed by atoms with Crippen LogP contribution in [0.15, 0.2) is 44.8 Å². The summed E-state index contributed by atoms with van der Waals surface area (Å²) in [6.45, 7) is 5.21. The second-order valence-corrected chi connectivity index (χ2v) is 4.08. The smallest absolute Gasteiger partial charge is 0.273 e. The van der Waals surface area contributed by atoms with Gasteiger partial charge in [-0.1, -0.05) is 29.4 Å². The van der Waals surface area contributed by atoms with Crippen molar-refractivity contribution in [1.82, 2.24) is 5.32 Å². The average Bonchev–Trinajstić information content (AvgIpc) is 2.64. The fourth-order valence-electron chi connectivity index (χ4n) is 1.60. The maximum absolute atomic E-state index is 11.8. The van der Waals surface area contributed by atoms with Crippen molar-refractivity contribution in [2.75, 3.05) is 21.3 Å². The van der Waals surface area contributed by atoms with Gasteiger partial charge in [-0.05, 0) is 12.5 Å². The second-order valence-electron chi connectivity index (χ2n) is 4.08. The average molecular weight is 349 g/mol. The number of ether oxygens (including phenoxy) is 1. The first-order valence-corrected chi connectivity index (χ1v) is 7.17. The SMILES string of the molecule is C=NN=COCc1ccccc1/C(=N\OC)C(=O)NC.CC=NOC. The number of carbonyl (C=O) groups is 1. The maximum Gasteiger partial charge on any atom is 0.273 e. The van der Waals surface area contributed by atoms with E-state index in [1.165, 1.54) is 27.7 Å². The quantitative estimate of drug-likeness (QED) is 0.437. The third kappa shape index (κ3) is 8.84. The van der Waals surface area contributed by atoms with E-state index in [2.05, 4.69) is 37.4 Å². The topological polar surface area (TPSA) is 106 Å². The molecule has 0 aliphatic heterocycles. The van der Waals surface area contributed by atoms with E-state index in [4.69, 9.17) is 9.57 Å². The van der Waals surface area contributed by atoms with Gasteiger partial charge in [0.25, 0.3) is 5.91 Å². The van der Waals surface area contributed by atoms with Gasteiger partial charge in [0.15, 0.2) is 12.1 Å². The Balaban J connectivity index is 0.00000101. The van der Waals surface area contributed by atoms with E-state index in [0.717, 1.165) is 5.56 Å². The van der Waals surface area contributed by atoms with Crippen molar-refractivity contribution in [3.05, 3.63) is 35.4 Å². The van der Waals surface area contributed by atoms with Gasteiger partial charge < -0.3 is 19.7 Å². The van der Waals surface area contributed by atoms with Crippen molar-refractivity contribution in [2.45, 2.75) is 13.5 Å². The van der Waals surface area contributed by atoms with Crippen LogP contribution in [0.4, 0.5) is 0 Å². The minimum atomic E-state index is -0.347. The predicted octanol–water partition coefficient (Wildman–Crippen LogP) is 1.58. The van der Waals surface area contributed by atoms with Gasteiger partial charge in [-0.15, -0.1) is 10.3 Å². The summed E-state index contributed by atoms with van der Waals surface area (Å²) in [5.41, 5.74) is 1.56. The van der Waals surface area contributed by atoms with E-state index in [1.807, 2.05) is 12.1 Å². The number of carbonyl (C=O) groups excluding carboxylic acids is 1. The van der Waals surface area contributed by atoms with Crippen LogP contribution >= 0.6 is 0 Å². The highest BCUT2D eigenvalue weighted by atomic mass is 16.6. The van der Waals surface area contributed by atoms with E-state index in [-0.39, 0.29) is 18.2 Å². The number of likely N-dealkylation sites (N-methyl/N-ethyl adjacent to an activating group) is 1. The highest BCUT2D eigenvalue weighted by Crippen LogP contribution is 2.12. The summed E-state index contributed by atoms with van der Waals surface area (Å²) >= 11 is 0. The normalized spacial score (nSPS) is 10.8. The van der Waals surface area contributed by atoms with E-state index < -0.39 is 0 Å². The predicted molar refractivity (Wildman–Crippen MR) is 98.1 cm³/mol. The molecule has 1 amide bonds. The number of oxime groups is 2. The molecule has 0 aromatic heterocycles. The summed E-state index contributed by atoms with van der Waals surface area (Å²) in [5.74, 6) is -0.347. The third-order valence-corrected chi connectivity index (χ3v) is 2.55. The van der Waals surface area contributed by atoms with Crippen molar-refractivity contribution < 1.29 is 19.2 Å². The molecule has 1 aromatic rings. The fraction of sp³-hybridized carbons (Fsp3) is 0.312. The van der Waals surface area contributed by atoms with Crippen molar-refractivity contribution in [2.24, 2.45) is 20.5 Å². The molecule has 9 nitrogen and oxygen atoms in total. The minimum Gasteiger partial charge on any atom is -0.477 e. The van der Waals surface area contributed by atoms with Crippen LogP contribution in [0.1, 0.15) is 18.1 Å². The molecule has 0 atom stereocenters. The molecule has 0 aliphatic carbocycles. The van der Waals surface area contributed by atoms with Crippen LogP contribution in [0, 0.1) is 0 Å². The van der Waals surface area contributed by atoms with E-state index in [0.29, 0.717) is 5.56 Å². The van der Waals surface area contributed by atoms with Gasteiger partial charge in [-0.2, -0.15) is 5.10 Å². The van der Waals surface area contributed by atoms with E-state index in [9.17, 15) is 4.79 Å². The maximum atomic E-state index is 11.8. The Labute approximate surface area is 147 Å². The van der Waals surface area contributed by atoms with Crippen molar-refractivity contribution in [3.8, 4) is 0 Å². The van der Waals surface area contributed by atoms with Gasteiger partial charge in [-0.25, -0.2) is 0 Å². The lowest BCUT2D eigenvalue weighted by Gasteiger charge is -2.10. The van der Waals surface area contributed by atoms with Crippen LogP contribution < -0.4 is 5.32 Å². The lowest BCUT2D eigenvalue weighted by molar-refractivity contribution is -0.114. The second kappa shape index (κ2) is 14.4. The Kier molecular flexibility index (Phi) is 12.5. The summed E-state index contributed by atoms with van der Waals surface area (Å²) in [4.78, 5) is 20.8. The van der Waals surface area contributed by atoms with Crippen molar-refractivity contribution in [3.63, 3.8) is 0 Å². The zero-order valence-electron chi connectivity index (χ0n) is 14.8. The number of nitrogens with one attached hydrogen (secondary N) is 1. The Hall–Kier alpha value is -3.23. The van der Waals surface area contributed by atoms with Crippen LogP contribution in [0.2, 0.25) is 0 Å². The summed E-state index contributed by atoms with van der Waals surface area (Å²) in [5, 5.41) is 16.4. The molecule has 0 saturated heterocycles. The summed E-state index contributed by atoms with van der Waals surface area (Å²) < 4.78 is 5.19. The van der Waals surface area contributed by atoms with Gasteiger partial charge in [0, 0.05) is 25.5 Å². The molecule has 136 valence electrons. The molecule has 0 fully saturated rings. The van der Waals surface area contributed by atoms with Crippen LogP contribution in [0.25, 0.3) is 0 Å². The fourth-order valence-corrected chi connectivity index (χ4v) is 1.60. The molecule has 0 spiro atoms.